The summed E-state index contributed by atoms with van der Waals surface area (Å²) in [6.07, 6.45) is 2.62. The summed E-state index contributed by atoms with van der Waals surface area (Å²) in [6, 6.07) is 0.879. The van der Waals surface area contributed by atoms with Crippen LogP contribution in [0.15, 0.2) is 6.20 Å². The zero-order valence-electron chi connectivity index (χ0n) is 13.5. The van der Waals surface area contributed by atoms with Crippen LogP contribution in [-0.2, 0) is 11.3 Å². The first-order valence-electron chi connectivity index (χ1n) is 7.08. The highest BCUT2D eigenvalue weighted by atomic mass is 16.5. The zero-order valence-corrected chi connectivity index (χ0v) is 13.5. The van der Waals surface area contributed by atoms with Gasteiger partial charge in [-0.05, 0) is 20.8 Å². The number of nitrogens with zero attached hydrogens (tertiary/aromatic N) is 2. The molecule has 20 heavy (non-hydrogen) atoms. The van der Waals surface area contributed by atoms with Crippen molar-refractivity contribution in [3.63, 3.8) is 0 Å². The van der Waals surface area contributed by atoms with Crippen molar-refractivity contribution in [3.05, 3.63) is 17.5 Å². The highest BCUT2D eigenvalue weighted by molar-refractivity contribution is 5.17. The molecule has 1 heterocycles. The molecule has 0 bridgehead atoms. The molecule has 0 saturated heterocycles. The Morgan fingerprint density at radius 3 is 2.60 bits per heavy atom. The Bertz CT molecular complexity index is 420. The second kappa shape index (κ2) is 7.55. The first-order chi connectivity index (χ1) is 9.34. The maximum absolute atomic E-state index is 5.58. The van der Waals surface area contributed by atoms with Gasteiger partial charge >= 0.3 is 6.01 Å². The van der Waals surface area contributed by atoms with E-state index in [9.17, 15) is 0 Å². The van der Waals surface area contributed by atoms with Crippen LogP contribution in [0.1, 0.15) is 45.4 Å². The molecule has 0 aliphatic rings. The van der Waals surface area contributed by atoms with Gasteiger partial charge in [0.1, 0.15) is 0 Å². The molecule has 0 amide bonds. The summed E-state index contributed by atoms with van der Waals surface area (Å²) in [6.45, 7) is 11.6. The molecule has 1 aromatic rings. The standard InChI is InChI=1S/C15H27N3O2/c1-11(2)16-9-13-10-17-14(18-12(13)3)20-8-7-15(4,5)19-6/h10-11,16H,7-9H2,1-6H3. The van der Waals surface area contributed by atoms with Crippen molar-refractivity contribution in [1.82, 2.24) is 15.3 Å². The summed E-state index contributed by atoms with van der Waals surface area (Å²) in [5, 5.41) is 3.36. The molecule has 5 heteroatoms. The van der Waals surface area contributed by atoms with Crippen molar-refractivity contribution in [2.45, 2.75) is 59.2 Å². The van der Waals surface area contributed by atoms with Crippen LogP contribution < -0.4 is 10.1 Å². The Morgan fingerprint density at radius 1 is 1.35 bits per heavy atom. The molecule has 1 aromatic heterocycles. The van der Waals surface area contributed by atoms with Gasteiger partial charge < -0.3 is 14.8 Å². The third-order valence-electron chi connectivity index (χ3n) is 3.25. The first kappa shape index (κ1) is 16.9. The van der Waals surface area contributed by atoms with Crippen molar-refractivity contribution in [3.8, 4) is 6.01 Å². The maximum atomic E-state index is 5.58. The second-order valence-electron chi connectivity index (χ2n) is 5.86. The average molecular weight is 281 g/mol. The number of rotatable bonds is 8. The summed E-state index contributed by atoms with van der Waals surface area (Å²) in [7, 11) is 1.71. The molecular weight excluding hydrogens is 254 g/mol. The molecule has 0 unspecified atom stereocenters. The van der Waals surface area contributed by atoms with Crippen molar-refractivity contribution >= 4 is 0 Å². The maximum Gasteiger partial charge on any atom is 0.316 e. The molecule has 0 aliphatic heterocycles. The molecular formula is C15H27N3O2. The van der Waals surface area contributed by atoms with Crippen molar-refractivity contribution in [2.75, 3.05) is 13.7 Å². The Balaban J connectivity index is 2.51. The van der Waals surface area contributed by atoms with Crippen LogP contribution in [0, 0.1) is 6.92 Å². The fourth-order valence-electron chi connectivity index (χ4n) is 1.52. The van der Waals surface area contributed by atoms with Gasteiger partial charge in [0.05, 0.1) is 12.2 Å². The number of hydrogen-bond acceptors (Lipinski definition) is 5. The summed E-state index contributed by atoms with van der Waals surface area (Å²) >= 11 is 0. The lowest BCUT2D eigenvalue weighted by Gasteiger charge is -2.22. The van der Waals surface area contributed by atoms with E-state index in [-0.39, 0.29) is 5.60 Å². The fourth-order valence-corrected chi connectivity index (χ4v) is 1.52. The Labute approximate surface area is 122 Å². The summed E-state index contributed by atoms with van der Waals surface area (Å²) in [5.41, 5.74) is 1.87. The minimum Gasteiger partial charge on any atom is -0.463 e. The molecule has 0 spiro atoms. The normalized spacial score (nSPS) is 11.9. The van der Waals surface area contributed by atoms with E-state index in [4.69, 9.17) is 9.47 Å². The highest BCUT2D eigenvalue weighted by Gasteiger charge is 2.16. The molecule has 1 rings (SSSR count). The average Bonchev–Trinajstić information content (AvgIpc) is 2.37. The van der Waals surface area contributed by atoms with E-state index in [2.05, 4.69) is 29.1 Å². The van der Waals surface area contributed by atoms with E-state index in [1.807, 2.05) is 27.0 Å². The summed E-state index contributed by atoms with van der Waals surface area (Å²) in [5.74, 6) is 0. The van der Waals surface area contributed by atoms with Gasteiger partial charge in [0, 0.05) is 43.6 Å². The minimum absolute atomic E-state index is 0.184. The largest absolute Gasteiger partial charge is 0.463 e. The summed E-state index contributed by atoms with van der Waals surface area (Å²) in [4.78, 5) is 8.63. The Morgan fingerprint density at radius 2 is 2.05 bits per heavy atom. The van der Waals surface area contributed by atoms with Crippen LogP contribution in [0.3, 0.4) is 0 Å². The number of nitrogens with one attached hydrogen (secondary N) is 1. The lowest BCUT2D eigenvalue weighted by Crippen LogP contribution is -2.25. The van der Waals surface area contributed by atoms with Gasteiger partial charge in [-0.2, -0.15) is 0 Å². The molecule has 0 aliphatic carbocycles. The van der Waals surface area contributed by atoms with E-state index in [1.54, 1.807) is 7.11 Å². The van der Waals surface area contributed by atoms with Gasteiger partial charge in [-0.25, -0.2) is 9.97 Å². The molecule has 5 nitrogen and oxygen atoms in total. The van der Waals surface area contributed by atoms with Gasteiger partial charge in [0.25, 0.3) is 0 Å². The monoisotopic (exact) mass is 281 g/mol. The van der Waals surface area contributed by atoms with Crippen LogP contribution in [0.2, 0.25) is 0 Å². The predicted molar refractivity (Wildman–Crippen MR) is 79.9 cm³/mol. The molecule has 114 valence electrons. The molecule has 1 N–H and O–H groups in total. The predicted octanol–water partition coefficient (Wildman–Crippen LogP) is 2.48. The molecule has 0 aromatic carbocycles. The van der Waals surface area contributed by atoms with E-state index in [1.165, 1.54) is 0 Å². The van der Waals surface area contributed by atoms with Crippen molar-refractivity contribution in [2.24, 2.45) is 0 Å². The fraction of sp³-hybridized carbons (Fsp3) is 0.733. The highest BCUT2D eigenvalue weighted by Crippen LogP contribution is 2.14. The topological polar surface area (TPSA) is 56.3 Å². The Kier molecular flexibility index (Phi) is 6.36. The molecule has 0 fully saturated rings. The van der Waals surface area contributed by atoms with Crippen LogP contribution in [0.5, 0.6) is 6.01 Å². The van der Waals surface area contributed by atoms with Crippen molar-refractivity contribution < 1.29 is 9.47 Å². The Hall–Kier alpha value is -1.20. The SMILES string of the molecule is COC(C)(C)CCOc1ncc(CNC(C)C)c(C)n1. The van der Waals surface area contributed by atoms with E-state index in [0.29, 0.717) is 18.7 Å². The number of ether oxygens (including phenoxy) is 2. The van der Waals surface area contributed by atoms with Crippen LogP contribution >= 0.6 is 0 Å². The number of aromatic nitrogens is 2. The van der Waals surface area contributed by atoms with Gasteiger partial charge in [0.15, 0.2) is 0 Å². The lowest BCUT2D eigenvalue weighted by atomic mass is 10.1. The zero-order chi connectivity index (χ0) is 15.2. The summed E-state index contributed by atoms with van der Waals surface area (Å²) < 4.78 is 10.9. The van der Waals surface area contributed by atoms with Crippen LogP contribution in [-0.4, -0.2) is 35.3 Å². The van der Waals surface area contributed by atoms with E-state index >= 15 is 0 Å². The number of aryl methyl sites for hydroxylation is 1. The number of methoxy groups -OCH3 is 1. The van der Waals surface area contributed by atoms with E-state index in [0.717, 1.165) is 24.2 Å². The minimum atomic E-state index is -0.184. The van der Waals surface area contributed by atoms with Crippen molar-refractivity contribution in [1.29, 1.82) is 0 Å². The smallest absolute Gasteiger partial charge is 0.316 e. The lowest BCUT2D eigenvalue weighted by molar-refractivity contribution is 0.00465. The third-order valence-corrected chi connectivity index (χ3v) is 3.25. The molecule has 0 atom stereocenters. The molecule has 0 saturated carbocycles. The third kappa shape index (κ3) is 5.84. The van der Waals surface area contributed by atoms with Gasteiger partial charge in [-0.15, -0.1) is 0 Å². The quantitative estimate of drug-likeness (QED) is 0.793. The van der Waals surface area contributed by atoms with Crippen LogP contribution in [0.25, 0.3) is 0 Å². The molecule has 0 radical (unpaired) electrons. The van der Waals surface area contributed by atoms with E-state index < -0.39 is 0 Å². The van der Waals surface area contributed by atoms with Gasteiger partial charge in [0.2, 0.25) is 0 Å². The second-order valence-corrected chi connectivity index (χ2v) is 5.86. The first-order valence-corrected chi connectivity index (χ1v) is 7.08. The van der Waals surface area contributed by atoms with Gasteiger partial charge in [-0.1, -0.05) is 13.8 Å². The van der Waals surface area contributed by atoms with Crippen LogP contribution in [0.4, 0.5) is 0 Å². The van der Waals surface area contributed by atoms with Gasteiger partial charge in [-0.3, -0.25) is 0 Å². The number of hydrogen-bond donors (Lipinski definition) is 1.